The first kappa shape index (κ1) is 11.9. The van der Waals surface area contributed by atoms with Crippen LogP contribution >= 0.6 is 0 Å². The number of carbonyl (C=O) groups is 1. The molecule has 4 heteroatoms. The van der Waals surface area contributed by atoms with Crippen LogP contribution in [-0.2, 0) is 11.2 Å². The Balaban J connectivity index is 2.09. The lowest BCUT2D eigenvalue weighted by Crippen LogP contribution is -2.18. The lowest BCUT2D eigenvalue weighted by molar-refractivity contribution is -0.143. The molecule has 4 nitrogen and oxygen atoms in total. The molecule has 1 N–H and O–H groups in total. The summed E-state index contributed by atoms with van der Waals surface area (Å²) in [6.07, 6.45) is 2.07. The molecule has 1 saturated carbocycles. The van der Waals surface area contributed by atoms with Gasteiger partial charge in [0.1, 0.15) is 0 Å². The van der Waals surface area contributed by atoms with Gasteiger partial charge < -0.3 is 9.84 Å². The van der Waals surface area contributed by atoms with Gasteiger partial charge in [0.25, 0.3) is 0 Å². The lowest BCUT2D eigenvalue weighted by Gasteiger charge is -2.12. The summed E-state index contributed by atoms with van der Waals surface area (Å²) in [5.74, 6) is -0.145. The molecular weight excluding hydrogens is 218 g/mol. The monoisotopic (exact) mass is 235 g/mol. The number of carboxylic acids is 1. The van der Waals surface area contributed by atoms with E-state index < -0.39 is 11.4 Å². The maximum Gasteiger partial charge on any atom is 0.310 e. The third-order valence-corrected chi connectivity index (χ3v) is 2.96. The average Bonchev–Trinajstić information content (AvgIpc) is 2.98. The number of ether oxygens (including phenoxy) is 1. The zero-order chi connectivity index (χ0) is 12.5. The van der Waals surface area contributed by atoms with Crippen LogP contribution < -0.4 is 4.74 Å². The fourth-order valence-electron chi connectivity index (χ4n) is 1.83. The molecule has 0 bridgehead atoms. The first-order valence-corrected chi connectivity index (χ1v) is 5.88. The highest BCUT2D eigenvalue weighted by Crippen LogP contribution is 2.48. The number of carboxylic acid groups (broad SMARTS) is 1. The molecule has 92 valence electrons. The molecule has 1 aliphatic rings. The molecule has 2 rings (SSSR count). The van der Waals surface area contributed by atoms with Crippen LogP contribution in [0.4, 0.5) is 0 Å². The Morgan fingerprint density at radius 2 is 2.24 bits per heavy atom. The van der Waals surface area contributed by atoms with E-state index in [4.69, 9.17) is 9.84 Å². The molecular formula is C13H17NO3. The van der Waals surface area contributed by atoms with E-state index in [1.807, 2.05) is 26.0 Å². The zero-order valence-corrected chi connectivity index (χ0v) is 10.1. The van der Waals surface area contributed by atoms with Gasteiger partial charge in [-0.3, -0.25) is 4.79 Å². The summed E-state index contributed by atoms with van der Waals surface area (Å²) in [5, 5.41) is 9.12. The molecule has 0 spiro atoms. The van der Waals surface area contributed by atoms with Crippen molar-refractivity contribution in [3.05, 3.63) is 23.9 Å². The van der Waals surface area contributed by atoms with Crippen LogP contribution in [0.2, 0.25) is 0 Å². The molecule has 0 amide bonds. The fourth-order valence-corrected chi connectivity index (χ4v) is 1.83. The second kappa shape index (κ2) is 4.35. The van der Waals surface area contributed by atoms with E-state index in [0.29, 0.717) is 12.3 Å². The van der Waals surface area contributed by atoms with Crippen LogP contribution in [0.25, 0.3) is 0 Å². The van der Waals surface area contributed by atoms with E-state index in [1.54, 1.807) is 6.07 Å². The lowest BCUT2D eigenvalue weighted by atomic mass is 10.0. The Kier molecular flexibility index (Phi) is 3.05. The Labute approximate surface area is 101 Å². The highest BCUT2D eigenvalue weighted by atomic mass is 16.5. The van der Waals surface area contributed by atoms with Gasteiger partial charge >= 0.3 is 5.97 Å². The van der Waals surface area contributed by atoms with Crippen LogP contribution in [-0.4, -0.2) is 22.2 Å². The minimum absolute atomic E-state index is 0.0760. The quantitative estimate of drug-likeness (QED) is 0.850. The summed E-state index contributed by atoms with van der Waals surface area (Å²) in [6.45, 7) is 3.88. The Morgan fingerprint density at radius 3 is 2.76 bits per heavy atom. The van der Waals surface area contributed by atoms with Crippen molar-refractivity contribution >= 4 is 5.97 Å². The van der Waals surface area contributed by atoms with E-state index >= 15 is 0 Å². The first-order valence-electron chi connectivity index (χ1n) is 5.88. The first-order chi connectivity index (χ1) is 8.02. The predicted molar refractivity (Wildman–Crippen MR) is 63.0 cm³/mol. The Morgan fingerprint density at radius 1 is 1.53 bits per heavy atom. The van der Waals surface area contributed by atoms with Gasteiger partial charge in [0, 0.05) is 18.2 Å². The third-order valence-electron chi connectivity index (χ3n) is 2.96. The molecule has 1 aliphatic carbocycles. The number of nitrogens with zero attached hydrogens (tertiary/aromatic N) is 1. The van der Waals surface area contributed by atoms with Crippen molar-refractivity contribution in [2.75, 3.05) is 0 Å². The number of hydrogen-bond donors (Lipinski definition) is 1. The second-order valence-corrected chi connectivity index (χ2v) is 4.90. The topological polar surface area (TPSA) is 59.4 Å². The largest absolute Gasteiger partial charge is 0.481 e. The number of pyridine rings is 1. The molecule has 1 fully saturated rings. The molecule has 0 saturated heterocycles. The second-order valence-electron chi connectivity index (χ2n) is 4.90. The van der Waals surface area contributed by atoms with E-state index in [0.717, 1.165) is 18.5 Å². The summed E-state index contributed by atoms with van der Waals surface area (Å²) in [7, 11) is 0. The van der Waals surface area contributed by atoms with Crippen LogP contribution in [0.5, 0.6) is 5.88 Å². The van der Waals surface area contributed by atoms with E-state index in [-0.39, 0.29) is 6.10 Å². The molecule has 0 atom stereocenters. The van der Waals surface area contributed by atoms with Crippen molar-refractivity contribution in [2.24, 2.45) is 5.41 Å². The SMILES string of the molecule is CC(C)Oc1cccc(CC2(C(=O)O)CC2)n1. The van der Waals surface area contributed by atoms with Crippen molar-refractivity contribution in [2.45, 2.75) is 39.2 Å². The zero-order valence-electron chi connectivity index (χ0n) is 10.1. The normalized spacial score (nSPS) is 16.9. The minimum Gasteiger partial charge on any atom is -0.481 e. The standard InChI is InChI=1S/C13H17NO3/c1-9(2)17-11-5-3-4-10(14-11)8-13(6-7-13)12(15)16/h3-5,9H,6-8H2,1-2H3,(H,15,16). The highest BCUT2D eigenvalue weighted by Gasteiger charge is 2.50. The summed E-state index contributed by atoms with van der Waals surface area (Å²) in [6, 6.07) is 5.51. The highest BCUT2D eigenvalue weighted by molar-refractivity contribution is 5.78. The van der Waals surface area contributed by atoms with Crippen molar-refractivity contribution < 1.29 is 14.6 Å². The van der Waals surface area contributed by atoms with Crippen LogP contribution in [0.3, 0.4) is 0 Å². The molecule has 17 heavy (non-hydrogen) atoms. The van der Waals surface area contributed by atoms with Gasteiger partial charge in [-0.2, -0.15) is 0 Å². The number of aliphatic carboxylic acids is 1. The van der Waals surface area contributed by atoms with E-state index in [1.165, 1.54) is 0 Å². The average molecular weight is 235 g/mol. The molecule has 0 aliphatic heterocycles. The van der Waals surface area contributed by atoms with Crippen molar-refractivity contribution in [3.63, 3.8) is 0 Å². The van der Waals surface area contributed by atoms with Crippen LogP contribution in [0.15, 0.2) is 18.2 Å². The maximum atomic E-state index is 11.1. The van der Waals surface area contributed by atoms with E-state index in [9.17, 15) is 4.79 Å². The fraction of sp³-hybridized carbons (Fsp3) is 0.538. The molecule has 0 unspecified atom stereocenters. The molecule has 1 heterocycles. The van der Waals surface area contributed by atoms with Crippen molar-refractivity contribution in [3.8, 4) is 5.88 Å². The van der Waals surface area contributed by atoms with Gasteiger partial charge in [0.2, 0.25) is 5.88 Å². The van der Waals surface area contributed by atoms with E-state index in [2.05, 4.69) is 4.98 Å². The number of aromatic nitrogens is 1. The predicted octanol–water partition coefficient (Wildman–Crippen LogP) is 2.28. The van der Waals surface area contributed by atoms with Gasteiger partial charge in [-0.25, -0.2) is 4.98 Å². The van der Waals surface area contributed by atoms with Crippen molar-refractivity contribution in [1.29, 1.82) is 0 Å². The minimum atomic E-state index is -0.713. The van der Waals surface area contributed by atoms with Crippen molar-refractivity contribution in [1.82, 2.24) is 4.98 Å². The summed E-state index contributed by atoms with van der Waals surface area (Å²) >= 11 is 0. The smallest absolute Gasteiger partial charge is 0.310 e. The molecule has 0 radical (unpaired) electrons. The Bertz CT molecular complexity index is 424. The van der Waals surface area contributed by atoms with Crippen LogP contribution in [0.1, 0.15) is 32.4 Å². The molecule has 1 aromatic rings. The van der Waals surface area contributed by atoms with Gasteiger partial charge in [-0.15, -0.1) is 0 Å². The molecule has 0 aromatic carbocycles. The third kappa shape index (κ3) is 2.75. The van der Waals surface area contributed by atoms with Crippen LogP contribution in [0, 0.1) is 5.41 Å². The van der Waals surface area contributed by atoms with Gasteiger partial charge in [0.15, 0.2) is 0 Å². The number of rotatable bonds is 5. The molecule has 1 aromatic heterocycles. The summed E-state index contributed by atoms with van der Waals surface area (Å²) < 4.78 is 5.49. The van der Waals surface area contributed by atoms with Gasteiger partial charge in [-0.1, -0.05) is 6.07 Å². The van der Waals surface area contributed by atoms with Gasteiger partial charge in [-0.05, 0) is 32.8 Å². The van der Waals surface area contributed by atoms with Gasteiger partial charge in [0.05, 0.1) is 11.5 Å². The Hall–Kier alpha value is -1.58. The number of hydrogen-bond acceptors (Lipinski definition) is 3. The maximum absolute atomic E-state index is 11.1. The summed E-state index contributed by atoms with van der Waals surface area (Å²) in [4.78, 5) is 15.4. The summed E-state index contributed by atoms with van der Waals surface area (Å²) in [5.41, 5.74) is 0.228.